The zero-order valence-electron chi connectivity index (χ0n) is 11.9. The average Bonchev–Trinajstić information content (AvgIpc) is 2.43. The molecule has 0 unspecified atom stereocenters. The predicted molar refractivity (Wildman–Crippen MR) is 84.1 cm³/mol. The fourth-order valence-corrected chi connectivity index (χ4v) is 1.77. The van der Waals surface area contributed by atoms with Crippen molar-refractivity contribution in [3.63, 3.8) is 0 Å². The Kier molecular flexibility index (Phi) is 5.81. The molecule has 4 N–H and O–H groups in total. The molecule has 0 radical (unpaired) electrons. The minimum atomic E-state index is 0.0788. The van der Waals surface area contributed by atoms with Crippen molar-refractivity contribution in [3.8, 4) is 0 Å². The maximum atomic E-state index is 5.83. The average molecular weight is 345 g/mol. The molecule has 22 heavy (non-hydrogen) atoms. The maximum absolute atomic E-state index is 5.83. The van der Waals surface area contributed by atoms with Gasteiger partial charge in [0.05, 0.1) is 13.3 Å². The Hall–Kier alpha value is -2.04. The molecule has 2 aromatic rings. The smallest absolute Gasteiger partial charge is 0.230 e. The highest BCUT2D eigenvalue weighted by atomic mass is 35.5. The van der Waals surface area contributed by atoms with Crippen LogP contribution in [0.4, 0.5) is 17.8 Å². The Labute approximate surface area is 136 Å². The SMILES string of the molecule is CNCNc1nc(Cl)nc(NCNc2nc(C)nc(Cl)n2)n1. The van der Waals surface area contributed by atoms with Crippen molar-refractivity contribution >= 4 is 41.0 Å². The minimum Gasteiger partial charge on any atom is -0.341 e. The van der Waals surface area contributed by atoms with Crippen molar-refractivity contribution in [1.29, 1.82) is 0 Å². The highest BCUT2D eigenvalue weighted by molar-refractivity contribution is 6.28. The Morgan fingerprint density at radius 2 is 1.23 bits per heavy atom. The van der Waals surface area contributed by atoms with Crippen LogP contribution in [0.25, 0.3) is 0 Å². The summed E-state index contributed by atoms with van der Waals surface area (Å²) in [4.78, 5) is 23.9. The molecule has 0 amide bonds. The number of aromatic nitrogens is 6. The molecular weight excluding hydrogens is 331 g/mol. The van der Waals surface area contributed by atoms with Gasteiger partial charge in [0.2, 0.25) is 28.4 Å². The van der Waals surface area contributed by atoms with E-state index in [-0.39, 0.29) is 17.2 Å². The second kappa shape index (κ2) is 7.82. The lowest BCUT2D eigenvalue weighted by Gasteiger charge is -2.09. The lowest BCUT2D eigenvalue weighted by atomic mass is 10.7. The van der Waals surface area contributed by atoms with Crippen molar-refractivity contribution in [1.82, 2.24) is 35.2 Å². The third kappa shape index (κ3) is 5.06. The van der Waals surface area contributed by atoms with Gasteiger partial charge in [-0.1, -0.05) is 0 Å². The molecular formula is C10H14Cl2N10. The van der Waals surface area contributed by atoms with Gasteiger partial charge in [-0.3, -0.25) is 0 Å². The number of halogens is 2. The van der Waals surface area contributed by atoms with Crippen molar-refractivity contribution in [2.45, 2.75) is 6.92 Å². The molecule has 0 saturated carbocycles. The molecule has 2 rings (SSSR count). The largest absolute Gasteiger partial charge is 0.341 e. The summed E-state index contributed by atoms with van der Waals surface area (Å²) in [6.45, 7) is 2.49. The summed E-state index contributed by atoms with van der Waals surface area (Å²) in [5, 5.41) is 11.9. The van der Waals surface area contributed by atoms with E-state index in [0.29, 0.717) is 30.3 Å². The molecule has 0 saturated heterocycles. The first-order chi connectivity index (χ1) is 10.6. The second-order valence-electron chi connectivity index (χ2n) is 3.96. The summed E-state index contributed by atoms with van der Waals surface area (Å²) >= 11 is 11.6. The fraction of sp³-hybridized carbons (Fsp3) is 0.400. The standard InChI is InChI=1S/C10H14Cl2N10/c1-5-17-6(11)19-8(18-5)15-4-16-10-21-7(12)20-9(22-10)14-3-13-2/h13H,3-4H2,1-2H3,(H,15,17,18,19)(H2,14,16,20,21,22). The highest BCUT2D eigenvalue weighted by Crippen LogP contribution is 2.09. The normalized spacial score (nSPS) is 10.4. The van der Waals surface area contributed by atoms with Gasteiger partial charge in [0.15, 0.2) is 0 Å². The van der Waals surface area contributed by atoms with Crippen LogP contribution in [0.2, 0.25) is 10.6 Å². The van der Waals surface area contributed by atoms with Gasteiger partial charge in [0, 0.05) is 0 Å². The summed E-state index contributed by atoms with van der Waals surface area (Å²) < 4.78 is 0. The van der Waals surface area contributed by atoms with E-state index in [1.165, 1.54) is 0 Å². The van der Waals surface area contributed by atoms with Crippen LogP contribution >= 0.6 is 23.2 Å². The van der Waals surface area contributed by atoms with E-state index in [2.05, 4.69) is 51.2 Å². The summed E-state index contributed by atoms with van der Waals surface area (Å²) in [5.74, 6) is 1.53. The molecule has 2 aromatic heterocycles. The second-order valence-corrected chi connectivity index (χ2v) is 4.64. The van der Waals surface area contributed by atoms with E-state index in [1.54, 1.807) is 14.0 Å². The van der Waals surface area contributed by atoms with Crippen molar-refractivity contribution in [2.75, 3.05) is 36.3 Å². The Morgan fingerprint density at radius 3 is 1.77 bits per heavy atom. The number of aryl methyl sites for hydroxylation is 1. The van der Waals surface area contributed by atoms with Gasteiger partial charge in [-0.05, 0) is 37.2 Å². The van der Waals surface area contributed by atoms with E-state index in [9.17, 15) is 0 Å². The molecule has 0 aliphatic rings. The zero-order chi connectivity index (χ0) is 15.9. The molecule has 0 atom stereocenters. The number of nitrogens with one attached hydrogen (secondary N) is 4. The third-order valence-corrected chi connectivity index (χ3v) is 2.58. The molecule has 118 valence electrons. The first kappa shape index (κ1) is 16.3. The Balaban J connectivity index is 1.94. The quantitative estimate of drug-likeness (QED) is 0.534. The Bertz CT molecular complexity index is 617. The van der Waals surface area contributed by atoms with Gasteiger partial charge in [-0.25, -0.2) is 4.98 Å². The molecule has 0 aromatic carbocycles. The lowest BCUT2D eigenvalue weighted by molar-refractivity contribution is 0.855. The highest BCUT2D eigenvalue weighted by Gasteiger charge is 2.05. The van der Waals surface area contributed by atoms with E-state index < -0.39 is 0 Å². The van der Waals surface area contributed by atoms with Gasteiger partial charge in [-0.15, -0.1) is 0 Å². The molecule has 0 fully saturated rings. The summed E-state index contributed by atoms with van der Waals surface area (Å²) in [6, 6.07) is 0. The van der Waals surface area contributed by atoms with Crippen molar-refractivity contribution < 1.29 is 0 Å². The third-order valence-electron chi connectivity index (χ3n) is 2.24. The van der Waals surface area contributed by atoms with Gasteiger partial charge < -0.3 is 21.3 Å². The van der Waals surface area contributed by atoms with Crippen LogP contribution < -0.4 is 21.3 Å². The molecule has 0 aliphatic carbocycles. The van der Waals surface area contributed by atoms with Crippen molar-refractivity contribution in [2.24, 2.45) is 0 Å². The number of rotatable bonds is 7. The van der Waals surface area contributed by atoms with E-state index in [0.717, 1.165) is 0 Å². The van der Waals surface area contributed by atoms with E-state index in [1.807, 2.05) is 0 Å². The van der Waals surface area contributed by atoms with Crippen LogP contribution in [0.3, 0.4) is 0 Å². The van der Waals surface area contributed by atoms with Crippen LogP contribution in [0.5, 0.6) is 0 Å². The molecule has 12 heteroatoms. The molecule has 0 bridgehead atoms. The van der Waals surface area contributed by atoms with Gasteiger partial charge in [0.1, 0.15) is 5.82 Å². The number of nitrogens with zero attached hydrogens (tertiary/aromatic N) is 6. The molecule has 0 spiro atoms. The van der Waals surface area contributed by atoms with E-state index in [4.69, 9.17) is 23.2 Å². The molecule has 2 heterocycles. The van der Waals surface area contributed by atoms with Crippen LogP contribution in [-0.4, -0.2) is 50.3 Å². The monoisotopic (exact) mass is 344 g/mol. The summed E-state index contributed by atoms with van der Waals surface area (Å²) in [5.41, 5.74) is 0. The van der Waals surface area contributed by atoms with E-state index >= 15 is 0 Å². The van der Waals surface area contributed by atoms with Gasteiger partial charge >= 0.3 is 0 Å². The number of hydrogen-bond acceptors (Lipinski definition) is 10. The summed E-state index contributed by atoms with van der Waals surface area (Å²) in [6.07, 6.45) is 0. The van der Waals surface area contributed by atoms with Crippen LogP contribution in [0.15, 0.2) is 0 Å². The number of hydrogen-bond donors (Lipinski definition) is 4. The van der Waals surface area contributed by atoms with Crippen LogP contribution in [-0.2, 0) is 0 Å². The van der Waals surface area contributed by atoms with Gasteiger partial charge in [-0.2, -0.15) is 24.9 Å². The van der Waals surface area contributed by atoms with Crippen molar-refractivity contribution in [3.05, 3.63) is 16.4 Å². The maximum Gasteiger partial charge on any atom is 0.230 e. The minimum absolute atomic E-state index is 0.0788. The predicted octanol–water partition coefficient (Wildman–Crippen LogP) is 0.742. The van der Waals surface area contributed by atoms with Crippen LogP contribution in [0.1, 0.15) is 5.82 Å². The summed E-state index contributed by atoms with van der Waals surface area (Å²) in [7, 11) is 1.79. The molecule has 0 aliphatic heterocycles. The number of anilines is 3. The van der Waals surface area contributed by atoms with Gasteiger partial charge in [0.25, 0.3) is 0 Å². The van der Waals surface area contributed by atoms with Crippen LogP contribution in [0, 0.1) is 6.92 Å². The molecule has 10 nitrogen and oxygen atoms in total. The fourth-order valence-electron chi connectivity index (χ4n) is 1.41. The first-order valence-corrected chi connectivity index (χ1v) is 6.98. The lowest BCUT2D eigenvalue weighted by Crippen LogP contribution is -2.20. The topological polar surface area (TPSA) is 125 Å². The Morgan fingerprint density at radius 1 is 0.727 bits per heavy atom. The zero-order valence-corrected chi connectivity index (χ0v) is 13.4. The first-order valence-electron chi connectivity index (χ1n) is 6.23.